The molecule has 0 N–H and O–H groups in total. The Morgan fingerprint density at radius 1 is 1.42 bits per heavy atom. The second-order valence-electron chi connectivity index (χ2n) is 4.69. The van der Waals surface area contributed by atoms with E-state index in [1.54, 1.807) is 0 Å². The van der Waals surface area contributed by atoms with E-state index in [9.17, 15) is 4.79 Å². The molecule has 0 radical (unpaired) electrons. The lowest BCUT2D eigenvalue weighted by molar-refractivity contribution is -0.104. The molecule has 2 saturated carbocycles. The van der Waals surface area contributed by atoms with Crippen molar-refractivity contribution in [3.63, 3.8) is 0 Å². The van der Waals surface area contributed by atoms with Crippen molar-refractivity contribution >= 4 is 6.29 Å². The minimum atomic E-state index is 0.309. The lowest BCUT2D eigenvalue weighted by atomic mass is 9.73. The lowest BCUT2D eigenvalue weighted by Gasteiger charge is -2.32. The van der Waals surface area contributed by atoms with Crippen LogP contribution in [0.5, 0.6) is 0 Å². The molecule has 0 aromatic carbocycles. The molecule has 0 aromatic rings. The van der Waals surface area contributed by atoms with Gasteiger partial charge in [0.1, 0.15) is 6.29 Å². The fourth-order valence-corrected chi connectivity index (χ4v) is 3.11. The van der Waals surface area contributed by atoms with E-state index < -0.39 is 0 Å². The Morgan fingerprint density at radius 3 is 2.67 bits per heavy atom. The fourth-order valence-electron chi connectivity index (χ4n) is 3.11. The quantitative estimate of drug-likeness (QED) is 0.430. The number of carbonyl (C=O) groups excluding carboxylic acids is 1. The maximum atomic E-state index is 10.4. The first-order valence-corrected chi connectivity index (χ1v) is 4.82. The molecule has 2 aliphatic rings. The lowest BCUT2D eigenvalue weighted by Crippen LogP contribution is -2.22. The zero-order chi connectivity index (χ0) is 8.77. The first kappa shape index (κ1) is 8.03. The predicted octanol–water partition coefficient (Wildman–Crippen LogP) is 2.57. The van der Waals surface area contributed by atoms with Gasteiger partial charge in [0.2, 0.25) is 0 Å². The average Bonchev–Trinajstić information content (AvgIpc) is 2.53. The first-order valence-electron chi connectivity index (χ1n) is 4.82. The predicted molar refractivity (Wildman–Crippen MR) is 48.8 cm³/mol. The molecule has 1 heteroatoms. The van der Waals surface area contributed by atoms with Gasteiger partial charge in [0.15, 0.2) is 0 Å². The summed E-state index contributed by atoms with van der Waals surface area (Å²) in [5.41, 5.74) is 1.72. The number of fused-ring (bicyclic) bond motifs is 2. The van der Waals surface area contributed by atoms with Crippen LogP contribution in [0.25, 0.3) is 0 Å². The van der Waals surface area contributed by atoms with E-state index in [1.165, 1.54) is 24.8 Å². The number of aldehydes is 1. The highest BCUT2D eigenvalue weighted by Crippen LogP contribution is 2.58. The summed E-state index contributed by atoms with van der Waals surface area (Å²) in [5.74, 6) is 1.57. The van der Waals surface area contributed by atoms with Crippen LogP contribution in [-0.2, 0) is 4.79 Å². The molecule has 0 saturated heterocycles. The Labute approximate surface area is 73.8 Å². The third-order valence-corrected chi connectivity index (χ3v) is 3.88. The highest BCUT2D eigenvalue weighted by Gasteiger charge is 2.48. The number of allylic oxidation sites excluding steroid dienone is 2. The second-order valence-corrected chi connectivity index (χ2v) is 4.69. The Morgan fingerprint density at radius 2 is 2.17 bits per heavy atom. The van der Waals surface area contributed by atoms with Gasteiger partial charge >= 0.3 is 0 Å². The standard InChI is InChI=1S/C11H16O/c1-11(2)9-4-3-8(7-9)10(11)5-6-12/h5-6,8-9H,3-4,7H2,1-2H3/b10-5+/t8-,9-/m1/s1. The van der Waals surface area contributed by atoms with Crippen LogP contribution in [0, 0.1) is 17.3 Å². The first-order chi connectivity index (χ1) is 5.66. The Bertz CT molecular complexity index is 237. The van der Waals surface area contributed by atoms with Crippen molar-refractivity contribution in [2.24, 2.45) is 17.3 Å². The summed E-state index contributed by atoms with van der Waals surface area (Å²) in [6, 6.07) is 0. The van der Waals surface area contributed by atoms with Gasteiger partial charge in [-0.1, -0.05) is 19.4 Å². The molecule has 0 heterocycles. The number of hydrogen-bond donors (Lipinski definition) is 0. The van der Waals surface area contributed by atoms with Gasteiger partial charge in [-0.05, 0) is 42.6 Å². The minimum Gasteiger partial charge on any atom is -0.299 e. The highest BCUT2D eigenvalue weighted by atomic mass is 16.1. The molecule has 1 nitrogen and oxygen atoms in total. The molecule has 2 fully saturated rings. The van der Waals surface area contributed by atoms with E-state index in [-0.39, 0.29) is 0 Å². The summed E-state index contributed by atoms with van der Waals surface area (Å²) < 4.78 is 0. The van der Waals surface area contributed by atoms with Crippen LogP contribution >= 0.6 is 0 Å². The molecule has 0 unspecified atom stereocenters. The van der Waals surface area contributed by atoms with Crippen molar-refractivity contribution in [2.75, 3.05) is 0 Å². The Hall–Kier alpha value is -0.590. The van der Waals surface area contributed by atoms with E-state index in [0.717, 1.165) is 18.1 Å². The molecule has 2 rings (SSSR count). The van der Waals surface area contributed by atoms with Crippen LogP contribution in [-0.4, -0.2) is 6.29 Å². The van der Waals surface area contributed by atoms with Gasteiger partial charge in [-0.2, -0.15) is 0 Å². The molecule has 12 heavy (non-hydrogen) atoms. The molecular formula is C11H16O. The van der Waals surface area contributed by atoms with Gasteiger partial charge in [0, 0.05) is 0 Å². The second kappa shape index (κ2) is 2.45. The highest BCUT2D eigenvalue weighted by molar-refractivity contribution is 5.67. The summed E-state index contributed by atoms with van der Waals surface area (Å²) in [7, 11) is 0. The van der Waals surface area contributed by atoms with E-state index in [2.05, 4.69) is 13.8 Å². The van der Waals surface area contributed by atoms with Crippen LogP contribution in [0.4, 0.5) is 0 Å². The smallest absolute Gasteiger partial charge is 0.142 e. The summed E-state index contributed by atoms with van der Waals surface area (Å²) in [6.45, 7) is 4.57. The van der Waals surface area contributed by atoms with Crippen molar-refractivity contribution in [3.8, 4) is 0 Å². The van der Waals surface area contributed by atoms with E-state index >= 15 is 0 Å². The van der Waals surface area contributed by atoms with E-state index in [4.69, 9.17) is 0 Å². The molecule has 0 aromatic heterocycles. The number of hydrogen-bond acceptors (Lipinski definition) is 1. The van der Waals surface area contributed by atoms with Crippen molar-refractivity contribution in [1.82, 2.24) is 0 Å². The van der Waals surface area contributed by atoms with Gasteiger partial charge < -0.3 is 0 Å². The van der Waals surface area contributed by atoms with Gasteiger partial charge in [-0.25, -0.2) is 0 Å². The average molecular weight is 164 g/mol. The summed E-state index contributed by atoms with van der Waals surface area (Å²) in [6.07, 6.45) is 6.77. The third-order valence-electron chi connectivity index (χ3n) is 3.88. The number of carbonyl (C=O) groups is 1. The van der Waals surface area contributed by atoms with Crippen LogP contribution < -0.4 is 0 Å². The maximum Gasteiger partial charge on any atom is 0.142 e. The normalized spacial score (nSPS) is 40.7. The topological polar surface area (TPSA) is 17.1 Å². The monoisotopic (exact) mass is 164 g/mol. The van der Waals surface area contributed by atoms with Crippen LogP contribution in [0.2, 0.25) is 0 Å². The fraction of sp³-hybridized carbons (Fsp3) is 0.727. The summed E-state index contributed by atoms with van der Waals surface area (Å²) in [4.78, 5) is 10.4. The van der Waals surface area contributed by atoms with E-state index in [0.29, 0.717) is 5.41 Å². The van der Waals surface area contributed by atoms with Crippen LogP contribution in [0.3, 0.4) is 0 Å². The Kier molecular flexibility index (Phi) is 1.64. The molecule has 0 spiro atoms. The van der Waals surface area contributed by atoms with Crippen molar-refractivity contribution in [2.45, 2.75) is 33.1 Å². The minimum absolute atomic E-state index is 0.309. The third kappa shape index (κ3) is 0.886. The van der Waals surface area contributed by atoms with Crippen molar-refractivity contribution in [1.29, 1.82) is 0 Å². The van der Waals surface area contributed by atoms with Crippen molar-refractivity contribution < 1.29 is 4.79 Å². The molecule has 66 valence electrons. The molecule has 2 bridgehead atoms. The molecule has 2 atom stereocenters. The van der Waals surface area contributed by atoms with Gasteiger partial charge in [-0.3, -0.25) is 4.79 Å². The van der Waals surface area contributed by atoms with Gasteiger partial charge in [0.25, 0.3) is 0 Å². The van der Waals surface area contributed by atoms with Crippen molar-refractivity contribution in [3.05, 3.63) is 11.6 Å². The molecule has 2 aliphatic carbocycles. The largest absolute Gasteiger partial charge is 0.299 e. The molecule has 0 amide bonds. The van der Waals surface area contributed by atoms with Crippen LogP contribution in [0.1, 0.15) is 33.1 Å². The van der Waals surface area contributed by atoms with Gasteiger partial charge in [-0.15, -0.1) is 0 Å². The SMILES string of the molecule is CC1(C)/C(=C/C=O)[C@@H]2CC[C@@H]1C2. The Balaban J connectivity index is 2.35. The molecular weight excluding hydrogens is 148 g/mol. The molecule has 0 aliphatic heterocycles. The zero-order valence-electron chi connectivity index (χ0n) is 7.84. The van der Waals surface area contributed by atoms with E-state index in [1.807, 2.05) is 6.08 Å². The van der Waals surface area contributed by atoms with Gasteiger partial charge in [0.05, 0.1) is 0 Å². The maximum absolute atomic E-state index is 10.4. The summed E-state index contributed by atoms with van der Waals surface area (Å²) >= 11 is 0. The number of rotatable bonds is 1. The summed E-state index contributed by atoms with van der Waals surface area (Å²) in [5, 5.41) is 0. The van der Waals surface area contributed by atoms with Crippen LogP contribution in [0.15, 0.2) is 11.6 Å². The zero-order valence-corrected chi connectivity index (χ0v) is 7.84.